The highest BCUT2D eigenvalue weighted by molar-refractivity contribution is 6.21. The minimum Gasteiger partial charge on any atom is -0.344 e. The molecule has 1 heterocycles. The highest BCUT2D eigenvalue weighted by atomic mass is 14.9. The Balaban J connectivity index is 1.34. The third kappa shape index (κ3) is 4.15. The molecule has 0 bridgehead atoms. The van der Waals surface area contributed by atoms with E-state index in [-0.39, 0.29) is 5.41 Å². The molecule has 0 saturated carbocycles. The van der Waals surface area contributed by atoms with Crippen LogP contribution in [0.3, 0.4) is 0 Å². The second kappa shape index (κ2) is 9.96. The molecule has 0 N–H and O–H groups in total. The van der Waals surface area contributed by atoms with E-state index in [0.717, 1.165) is 0 Å². The first-order valence-electron chi connectivity index (χ1n) is 15.5. The molecule has 1 aromatic heterocycles. The molecule has 1 nitrogen and oxygen atoms in total. The maximum Gasteiger partial charge on any atom is 0.0489 e. The summed E-state index contributed by atoms with van der Waals surface area (Å²) in [5, 5.41) is 7.72. The number of aryl methyl sites for hydroxylation is 1. The van der Waals surface area contributed by atoms with Gasteiger partial charge >= 0.3 is 0 Å². The molecule has 0 unspecified atom stereocenters. The minimum absolute atomic E-state index is 0.121. The fourth-order valence-electron chi connectivity index (χ4n) is 7.09. The minimum atomic E-state index is 0.121. The van der Waals surface area contributed by atoms with Crippen LogP contribution >= 0.6 is 0 Å². The van der Waals surface area contributed by atoms with Gasteiger partial charge in [0.05, 0.1) is 0 Å². The van der Waals surface area contributed by atoms with Gasteiger partial charge in [-0.3, -0.25) is 0 Å². The van der Waals surface area contributed by atoms with Crippen molar-refractivity contribution in [1.82, 2.24) is 4.57 Å². The largest absolute Gasteiger partial charge is 0.344 e. The van der Waals surface area contributed by atoms with E-state index in [0.29, 0.717) is 0 Å². The Labute approximate surface area is 259 Å². The average molecular weight is 566 g/mol. The lowest BCUT2D eigenvalue weighted by Gasteiger charge is -2.21. The fraction of sp³-hybridized carbons (Fsp3) is 0.116. The Morgan fingerprint density at radius 2 is 0.864 bits per heavy atom. The molecule has 7 aromatic carbocycles. The van der Waals surface area contributed by atoms with Crippen LogP contribution in [-0.2, 0) is 12.5 Å². The molecule has 0 aliphatic heterocycles. The van der Waals surface area contributed by atoms with Crippen molar-refractivity contribution in [3.05, 3.63) is 145 Å². The maximum atomic E-state index is 2.37. The van der Waals surface area contributed by atoms with Crippen molar-refractivity contribution in [2.75, 3.05) is 0 Å². The van der Waals surface area contributed by atoms with Crippen LogP contribution in [0.1, 0.15) is 26.3 Å². The quantitative estimate of drug-likeness (QED) is 0.188. The van der Waals surface area contributed by atoms with Gasteiger partial charge in [0.25, 0.3) is 0 Å². The van der Waals surface area contributed by atoms with Crippen molar-refractivity contribution in [3.8, 4) is 33.4 Å². The van der Waals surface area contributed by atoms with Crippen LogP contribution in [0.2, 0.25) is 0 Å². The molecule has 0 saturated heterocycles. The first kappa shape index (κ1) is 26.5. The maximum absolute atomic E-state index is 2.37. The highest BCUT2D eigenvalue weighted by Gasteiger charge is 2.18. The van der Waals surface area contributed by atoms with Gasteiger partial charge in [-0.15, -0.1) is 0 Å². The van der Waals surface area contributed by atoms with E-state index < -0.39 is 0 Å². The van der Waals surface area contributed by atoms with E-state index >= 15 is 0 Å². The molecule has 0 atom stereocenters. The lowest BCUT2D eigenvalue weighted by Crippen LogP contribution is -2.10. The van der Waals surface area contributed by atoms with Crippen LogP contribution in [0, 0.1) is 0 Å². The predicted octanol–water partition coefficient (Wildman–Crippen LogP) is 11.9. The van der Waals surface area contributed by atoms with Gasteiger partial charge in [-0.2, -0.15) is 0 Å². The molecule has 8 rings (SSSR count). The van der Waals surface area contributed by atoms with Crippen LogP contribution in [0.4, 0.5) is 0 Å². The third-order valence-electron chi connectivity index (χ3n) is 9.37. The number of hydrogen-bond donors (Lipinski definition) is 0. The van der Waals surface area contributed by atoms with Gasteiger partial charge < -0.3 is 4.57 Å². The Morgan fingerprint density at radius 3 is 1.48 bits per heavy atom. The smallest absolute Gasteiger partial charge is 0.0489 e. The van der Waals surface area contributed by atoms with Crippen molar-refractivity contribution in [1.29, 1.82) is 0 Å². The zero-order valence-corrected chi connectivity index (χ0v) is 25.7. The van der Waals surface area contributed by atoms with Crippen LogP contribution in [0.5, 0.6) is 0 Å². The van der Waals surface area contributed by atoms with Crippen molar-refractivity contribution in [2.45, 2.75) is 26.2 Å². The molecule has 44 heavy (non-hydrogen) atoms. The van der Waals surface area contributed by atoms with Gasteiger partial charge in [0.1, 0.15) is 0 Å². The first-order chi connectivity index (χ1) is 21.4. The van der Waals surface area contributed by atoms with Crippen LogP contribution < -0.4 is 0 Å². The van der Waals surface area contributed by atoms with Gasteiger partial charge in [0, 0.05) is 28.9 Å². The van der Waals surface area contributed by atoms with Crippen LogP contribution in [-0.4, -0.2) is 4.57 Å². The first-order valence-corrected chi connectivity index (χ1v) is 15.5. The predicted molar refractivity (Wildman–Crippen MR) is 190 cm³/mol. The Kier molecular flexibility index (Phi) is 6.00. The number of para-hydroxylation sites is 1. The molecule has 0 fully saturated rings. The van der Waals surface area contributed by atoms with E-state index in [9.17, 15) is 0 Å². The average Bonchev–Trinajstić information content (AvgIpc) is 3.34. The molecule has 0 aliphatic rings. The van der Waals surface area contributed by atoms with Crippen LogP contribution in [0.25, 0.3) is 76.7 Å². The molecule has 0 amide bonds. The van der Waals surface area contributed by atoms with Crippen molar-refractivity contribution < 1.29 is 0 Å². The number of benzene rings is 7. The second-order valence-electron chi connectivity index (χ2n) is 13.1. The number of nitrogens with zero attached hydrogens (tertiary/aromatic N) is 1. The van der Waals surface area contributed by atoms with E-state index in [1.807, 2.05) is 0 Å². The summed E-state index contributed by atoms with van der Waals surface area (Å²) in [5.74, 6) is 0. The second-order valence-corrected chi connectivity index (χ2v) is 13.1. The normalized spacial score (nSPS) is 12.1. The van der Waals surface area contributed by atoms with E-state index in [1.165, 1.54) is 82.3 Å². The third-order valence-corrected chi connectivity index (χ3v) is 9.37. The van der Waals surface area contributed by atoms with Crippen LogP contribution in [0.15, 0.2) is 140 Å². The van der Waals surface area contributed by atoms with Gasteiger partial charge in [-0.1, -0.05) is 136 Å². The summed E-state index contributed by atoms with van der Waals surface area (Å²) in [6, 6.07) is 51.7. The van der Waals surface area contributed by atoms with Crippen molar-refractivity contribution in [3.63, 3.8) is 0 Å². The standard InChI is InChI=1S/C43H35N/c1-43(2,3)32-23-20-28(21-24-32)41-34-15-5-7-17-36(34)42(37-18-8-6-16-35(37)41)31-13-11-12-29(26-31)30-22-25-40-38(27-30)33-14-9-10-19-39(33)44(40)4/h5-27H,1-4H3. The summed E-state index contributed by atoms with van der Waals surface area (Å²) in [6.45, 7) is 6.82. The summed E-state index contributed by atoms with van der Waals surface area (Å²) in [5.41, 5.74) is 11.6. The molecule has 0 aliphatic carbocycles. The van der Waals surface area contributed by atoms with Crippen molar-refractivity contribution >= 4 is 43.4 Å². The Hall–Kier alpha value is -5.14. The van der Waals surface area contributed by atoms with E-state index in [1.54, 1.807) is 0 Å². The molecular weight excluding hydrogens is 530 g/mol. The summed E-state index contributed by atoms with van der Waals surface area (Å²) < 4.78 is 2.29. The summed E-state index contributed by atoms with van der Waals surface area (Å²) >= 11 is 0. The zero-order valence-electron chi connectivity index (χ0n) is 25.7. The molecule has 0 spiro atoms. The SMILES string of the molecule is Cn1c2ccccc2c2cc(-c3cccc(-c4c5ccccc5c(-c5ccc(C(C)(C)C)cc5)c5ccccc45)c3)ccc21. The lowest BCUT2D eigenvalue weighted by molar-refractivity contribution is 0.590. The summed E-state index contributed by atoms with van der Waals surface area (Å²) in [6.07, 6.45) is 0. The number of aromatic nitrogens is 1. The number of hydrogen-bond acceptors (Lipinski definition) is 0. The van der Waals surface area contributed by atoms with Crippen molar-refractivity contribution in [2.24, 2.45) is 7.05 Å². The molecule has 212 valence electrons. The lowest BCUT2D eigenvalue weighted by atomic mass is 9.83. The topological polar surface area (TPSA) is 4.93 Å². The Morgan fingerprint density at radius 1 is 0.386 bits per heavy atom. The molecule has 1 heteroatoms. The summed E-state index contributed by atoms with van der Waals surface area (Å²) in [7, 11) is 2.16. The van der Waals surface area contributed by atoms with Gasteiger partial charge in [0.2, 0.25) is 0 Å². The van der Waals surface area contributed by atoms with Gasteiger partial charge in [-0.05, 0) is 90.2 Å². The highest BCUT2D eigenvalue weighted by Crippen LogP contribution is 2.44. The van der Waals surface area contributed by atoms with E-state index in [2.05, 4.69) is 172 Å². The van der Waals surface area contributed by atoms with Gasteiger partial charge in [-0.25, -0.2) is 0 Å². The number of fused-ring (bicyclic) bond motifs is 5. The molecular formula is C43H35N. The zero-order chi connectivity index (χ0) is 30.0. The van der Waals surface area contributed by atoms with E-state index in [4.69, 9.17) is 0 Å². The summed E-state index contributed by atoms with van der Waals surface area (Å²) in [4.78, 5) is 0. The molecule has 8 aromatic rings. The Bertz CT molecular complexity index is 2300. The fourth-order valence-corrected chi connectivity index (χ4v) is 7.09. The number of rotatable bonds is 3. The van der Waals surface area contributed by atoms with Gasteiger partial charge in [0.15, 0.2) is 0 Å². The monoisotopic (exact) mass is 565 g/mol. The molecule has 0 radical (unpaired) electrons.